The Balaban J connectivity index is 1.55. The molecule has 4 rings (SSSR count). The fourth-order valence-corrected chi connectivity index (χ4v) is 4.41. The first-order valence-electron chi connectivity index (χ1n) is 8.82. The number of amides is 2. The number of nitrogens with zero attached hydrogens (tertiary/aromatic N) is 6. The Hall–Kier alpha value is -2.77. The third-order valence-electron chi connectivity index (χ3n) is 5.94. The molecule has 26 heavy (non-hydrogen) atoms. The van der Waals surface area contributed by atoms with Gasteiger partial charge in [0.25, 0.3) is 5.91 Å². The zero-order valence-electron chi connectivity index (χ0n) is 15.0. The van der Waals surface area contributed by atoms with Crippen molar-refractivity contribution < 1.29 is 9.59 Å². The molecular weight excluding hydrogens is 332 g/mol. The second-order valence-electron chi connectivity index (χ2n) is 7.18. The summed E-state index contributed by atoms with van der Waals surface area (Å²) in [5.74, 6) is 0.255. The first-order valence-corrected chi connectivity index (χ1v) is 8.82. The lowest BCUT2D eigenvalue weighted by Crippen LogP contribution is -2.55. The fraction of sp³-hybridized carbons (Fsp3) is 0.500. The normalized spacial score (nSPS) is 22.2. The molecule has 2 saturated heterocycles. The smallest absolute Gasteiger partial charge is 0.255 e. The Morgan fingerprint density at radius 1 is 1.19 bits per heavy atom. The van der Waals surface area contributed by atoms with E-state index in [9.17, 15) is 9.59 Å². The van der Waals surface area contributed by atoms with Gasteiger partial charge in [0.05, 0.1) is 29.7 Å². The monoisotopic (exact) mass is 354 g/mol. The van der Waals surface area contributed by atoms with Gasteiger partial charge in [-0.3, -0.25) is 14.3 Å². The zero-order valence-corrected chi connectivity index (χ0v) is 15.0. The summed E-state index contributed by atoms with van der Waals surface area (Å²) in [5.41, 5.74) is 1.41. The van der Waals surface area contributed by atoms with Gasteiger partial charge < -0.3 is 9.80 Å². The third kappa shape index (κ3) is 2.56. The van der Waals surface area contributed by atoms with E-state index < -0.39 is 0 Å². The summed E-state index contributed by atoms with van der Waals surface area (Å²) in [6.07, 6.45) is 8.91. The standard InChI is InChI=1S/C18H22N6O2/c1-22-12-14(11-21-22)15-9-16(25)23(2)18(15)4-7-24(8-5-18)17(26)13-3-6-19-20-10-13/h3,6,10-12,15H,4-5,7-9H2,1-2H3/t15-/m1/s1. The predicted molar refractivity (Wildman–Crippen MR) is 93.2 cm³/mol. The number of rotatable bonds is 2. The van der Waals surface area contributed by atoms with Crippen molar-refractivity contribution in [2.24, 2.45) is 7.05 Å². The number of hydrogen-bond acceptors (Lipinski definition) is 5. The number of likely N-dealkylation sites (tertiary alicyclic amines) is 2. The van der Waals surface area contributed by atoms with Crippen molar-refractivity contribution in [1.82, 2.24) is 29.8 Å². The molecule has 0 saturated carbocycles. The number of aryl methyl sites for hydroxylation is 1. The number of likely N-dealkylation sites (N-methyl/N-ethyl adjacent to an activating group) is 1. The van der Waals surface area contributed by atoms with Gasteiger partial charge in [0.2, 0.25) is 5.91 Å². The lowest BCUT2D eigenvalue weighted by molar-refractivity contribution is -0.130. The summed E-state index contributed by atoms with van der Waals surface area (Å²) in [4.78, 5) is 28.9. The van der Waals surface area contributed by atoms with Crippen molar-refractivity contribution in [3.63, 3.8) is 0 Å². The second-order valence-corrected chi connectivity index (χ2v) is 7.18. The molecule has 0 aromatic carbocycles. The van der Waals surface area contributed by atoms with E-state index in [-0.39, 0.29) is 23.3 Å². The molecule has 0 unspecified atom stereocenters. The molecule has 8 nitrogen and oxygen atoms in total. The van der Waals surface area contributed by atoms with Gasteiger partial charge in [-0.25, -0.2) is 0 Å². The lowest BCUT2D eigenvalue weighted by atomic mass is 9.74. The highest BCUT2D eigenvalue weighted by molar-refractivity contribution is 5.94. The van der Waals surface area contributed by atoms with Crippen LogP contribution in [-0.2, 0) is 11.8 Å². The highest BCUT2D eigenvalue weighted by Gasteiger charge is 2.53. The average Bonchev–Trinajstić information content (AvgIpc) is 3.20. The summed E-state index contributed by atoms with van der Waals surface area (Å²) in [5, 5.41) is 11.8. The Labute approximate surface area is 151 Å². The van der Waals surface area contributed by atoms with Crippen LogP contribution >= 0.6 is 0 Å². The maximum atomic E-state index is 12.7. The van der Waals surface area contributed by atoms with E-state index >= 15 is 0 Å². The van der Waals surface area contributed by atoms with E-state index in [1.165, 1.54) is 12.4 Å². The Morgan fingerprint density at radius 2 is 1.96 bits per heavy atom. The Morgan fingerprint density at radius 3 is 2.58 bits per heavy atom. The van der Waals surface area contributed by atoms with Crippen molar-refractivity contribution in [3.05, 3.63) is 42.0 Å². The van der Waals surface area contributed by atoms with Crippen LogP contribution in [0.15, 0.2) is 30.9 Å². The van der Waals surface area contributed by atoms with Crippen LogP contribution in [0.25, 0.3) is 0 Å². The minimum absolute atomic E-state index is 0.0281. The van der Waals surface area contributed by atoms with E-state index in [2.05, 4.69) is 15.3 Å². The highest BCUT2D eigenvalue weighted by atomic mass is 16.2. The molecule has 2 aromatic rings. The summed E-state index contributed by atoms with van der Waals surface area (Å²) < 4.78 is 1.78. The van der Waals surface area contributed by atoms with E-state index in [0.29, 0.717) is 25.1 Å². The lowest BCUT2D eigenvalue weighted by Gasteiger charge is -2.46. The second kappa shape index (κ2) is 6.19. The fourth-order valence-electron chi connectivity index (χ4n) is 4.41. The zero-order chi connectivity index (χ0) is 18.3. The molecule has 4 heterocycles. The van der Waals surface area contributed by atoms with Crippen molar-refractivity contribution in [3.8, 4) is 0 Å². The van der Waals surface area contributed by atoms with Gasteiger partial charge in [0, 0.05) is 45.7 Å². The van der Waals surface area contributed by atoms with Crippen LogP contribution in [0.2, 0.25) is 0 Å². The van der Waals surface area contributed by atoms with Gasteiger partial charge in [-0.15, -0.1) is 0 Å². The van der Waals surface area contributed by atoms with Gasteiger partial charge in [0.1, 0.15) is 0 Å². The van der Waals surface area contributed by atoms with Gasteiger partial charge in [-0.05, 0) is 24.5 Å². The first kappa shape index (κ1) is 16.7. The SMILES string of the molecule is CN1C(=O)C[C@H](c2cnn(C)c2)C12CCN(C(=O)c1ccnnc1)CC2. The van der Waals surface area contributed by atoms with Crippen LogP contribution in [-0.4, -0.2) is 67.3 Å². The number of aromatic nitrogens is 4. The Kier molecular flexibility index (Phi) is 3.97. The van der Waals surface area contributed by atoms with E-state index in [1.54, 1.807) is 10.7 Å². The predicted octanol–water partition coefficient (Wildman–Crippen LogP) is 0.831. The summed E-state index contributed by atoms with van der Waals surface area (Å²) in [6.45, 7) is 1.24. The molecule has 0 N–H and O–H groups in total. The number of carbonyl (C=O) groups is 2. The average molecular weight is 354 g/mol. The topological polar surface area (TPSA) is 84.2 Å². The molecule has 2 aliphatic rings. The Bertz CT molecular complexity index is 825. The third-order valence-corrected chi connectivity index (χ3v) is 5.94. The van der Waals surface area contributed by atoms with Crippen molar-refractivity contribution in [2.45, 2.75) is 30.7 Å². The molecular formula is C18H22N6O2. The summed E-state index contributed by atoms with van der Waals surface area (Å²) in [7, 11) is 3.78. The van der Waals surface area contributed by atoms with Crippen LogP contribution in [0.3, 0.4) is 0 Å². The van der Waals surface area contributed by atoms with Gasteiger partial charge in [-0.1, -0.05) is 0 Å². The van der Waals surface area contributed by atoms with Gasteiger partial charge >= 0.3 is 0 Å². The quantitative estimate of drug-likeness (QED) is 0.798. The maximum absolute atomic E-state index is 12.7. The van der Waals surface area contributed by atoms with Crippen LogP contribution in [0.4, 0.5) is 0 Å². The first-order chi connectivity index (χ1) is 12.5. The summed E-state index contributed by atoms with van der Waals surface area (Å²) >= 11 is 0. The molecule has 2 aliphatic heterocycles. The minimum Gasteiger partial charge on any atom is -0.339 e. The van der Waals surface area contributed by atoms with Crippen LogP contribution < -0.4 is 0 Å². The molecule has 2 fully saturated rings. The molecule has 0 bridgehead atoms. The van der Waals surface area contributed by atoms with E-state index in [4.69, 9.17) is 0 Å². The largest absolute Gasteiger partial charge is 0.339 e. The van der Waals surface area contributed by atoms with Gasteiger partial charge in [-0.2, -0.15) is 15.3 Å². The number of hydrogen-bond donors (Lipinski definition) is 0. The molecule has 1 spiro atoms. The number of carbonyl (C=O) groups excluding carboxylic acids is 2. The van der Waals surface area contributed by atoms with Gasteiger partial charge in [0.15, 0.2) is 0 Å². The molecule has 0 radical (unpaired) electrons. The molecule has 1 atom stereocenters. The molecule has 2 amide bonds. The molecule has 2 aromatic heterocycles. The van der Waals surface area contributed by atoms with Crippen LogP contribution in [0.5, 0.6) is 0 Å². The molecule has 0 aliphatic carbocycles. The maximum Gasteiger partial charge on any atom is 0.255 e. The molecule has 8 heteroatoms. The van der Waals surface area contributed by atoms with E-state index in [0.717, 1.165) is 18.4 Å². The molecule has 136 valence electrons. The van der Waals surface area contributed by atoms with Crippen LogP contribution in [0, 0.1) is 0 Å². The number of piperidine rings is 1. The minimum atomic E-state index is -0.243. The van der Waals surface area contributed by atoms with E-state index in [1.807, 2.05) is 36.3 Å². The van der Waals surface area contributed by atoms with Crippen LogP contribution in [0.1, 0.15) is 41.1 Å². The van der Waals surface area contributed by atoms with Crippen molar-refractivity contribution >= 4 is 11.8 Å². The van der Waals surface area contributed by atoms with Crippen molar-refractivity contribution in [2.75, 3.05) is 20.1 Å². The summed E-state index contributed by atoms with van der Waals surface area (Å²) in [6, 6.07) is 1.68. The van der Waals surface area contributed by atoms with Crippen molar-refractivity contribution in [1.29, 1.82) is 0 Å². The highest BCUT2D eigenvalue weighted by Crippen LogP contribution is 2.48.